The van der Waals surface area contributed by atoms with Gasteiger partial charge in [0.2, 0.25) is 0 Å². The van der Waals surface area contributed by atoms with Crippen LogP contribution >= 0.6 is 0 Å². The lowest BCUT2D eigenvalue weighted by atomic mass is 10.1. The number of hydrogen-bond acceptors (Lipinski definition) is 3. The number of nitrogens with zero attached hydrogens (tertiary/aromatic N) is 3. The molecule has 4 rings (SSSR count). The maximum Gasteiger partial charge on any atom is 0.272 e. The predicted octanol–water partition coefficient (Wildman–Crippen LogP) is 2.74. The van der Waals surface area contributed by atoms with E-state index in [0.29, 0.717) is 18.8 Å². The number of carbonyl (C=O) groups is 1. The molecule has 2 aromatic carbocycles. The monoisotopic (exact) mass is 331 g/mol. The molecule has 4 aromatic rings. The van der Waals surface area contributed by atoms with Gasteiger partial charge in [-0.25, -0.2) is 0 Å². The highest BCUT2D eigenvalue weighted by molar-refractivity contribution is 6.04. The van der Waals surface area contributed by atoms with Crippen molar-refractivity contribution in [1.82, 2.24) is 25.3 Å². The minimum atomic E-state index is -0.189. The van der Waals surface area contributed by atoms with Crippen molar-refractivity contribution < 1.29 is 4.79 Å². The van der Waals surface area contributed by atoms with Crippen molar-refractivity contribution in [2.45, 2.75) is 13.1 Å². The fourth-order valence-corrected chi connectivity index (χ4v) is 2.85. The van der Waals surface area contributed by atoms with E-state index in [1.807, 2.05) is 65.5 Å². The minimum Gasteiger partial charge on any atom is -0.347 e. The molecule has 0 saturated carbocycles. The van der Waals surface area contributed by atoms with Crippen LogP contribution in [0.2, 0.25) is 0 Å². The van der Waals surface area contributed by atoms with Crippen molar-refractivity contribution >= 4 is 16.8 Å². The van der Waals surface area contributed by atoms with Gasteiger partial charge < -0.3 is 5.32 Å². The van der Waals surface area contributed by atoms with Crippen LogP contribution < -0.4 is 5.32 Å². The van der Waals surface area contributed by atoms with E-state index in [0.717, 1.165) is 22.0 Å². The van der Waals surface area contributed by atoms with Crippen LogP contribution in [0.25, 0.3) is 10.9 Å². The first-order valence-corrected chi connectivity index (χ1v) is 8.07. The second kappa shape index (κ2) is 6.60. The fraction of sp³-hybridized carbons (Fsp3) is 0.105. The lowest BCUT2D eigenvalue weighted by Crippen LogP contribution is -2.24. The van der Waals surface area contributed by atoms with Crippen LogP contribution in [0.15, 0.2) is 67.0 Å². The van der Waals surface area contributed by atoms with Gasteiger partial charge in [-0.2, -0.15) is 10.2 Å². The fourth-order valence-electron chi connectivity index (χ4n) is 2.85. The molecule has 2 heterocycles. The maximum absolute atomic E-state index is 12.5. The number of para-hydroxylation sites is 1. The molecule has 1 amide bonds. The zero-order valence-electron chi connectivity index (χ0n) is 13.5. The van der Waals surface area contributed by atoms with Crippen molar-refractivity contribution in [3.63, 3.8) is 0 Å². The minimum absolute atomic E-state index is 0.189. The zero-order chi connectivity index (χ0) is 17.1. The highest BCUT2D eigenvalue weighted by atomic mass is 16.1. The molecule has 0 saturated heterocycles. The lowest BCUT2D eigenvalue weighted by molar-refractivity contribution is 0.0947. The summed E-state index contributed by atoms with van der Waals surface area (Å²) in [5.74, 6) is -0.189. The molecule has 124 valence electrons. The molecule has 0 radical (unpaired) electrons. The van der Waals surface area contributed by atoms with Gasteiger partial charge in [0, 0.05) is 24.3 Å². The number of H-pyrrole nitrogens is 1. The van der Waals surface area contributed by atoms with Crippen molar-refractivity contribution in [3.8, 4) is 0 Å². The van der Waals surface area contributed by atoms with Gasteiger partial charge in [0.1, 0.15) is 0 Å². The summed E-state index contributed by atoms with van der Waals surface area (Å²) in [5.41, 5.74) is 3.46. The summed E-state index contributed by atoms with van der Waals surface area (Å²) in [6.07, 6.45) is 3.68. The molecule has 0 unspecified atom stereocenters. The number of carbonyl (C=O) groups excluding carboxylic acids is 1. The molecule has 6 nitrogen and oxygen atoms in total. The van der Waals surface area contributed by atoms with Gasteiger partial charge in [0.25, 0.3) is 5.91 Å². The third-order valence-electron chi connectivity index (χ3n) is 4.13. The van der Waals surface area contributed by atoms with E-state index >= 15 is 0 Å². The van der Waals surface area contributed by atoms with E-state index in [4.69, 9.17) is 0 Å². The molecule has 6 heteroatoms. The van der Waals surface area contributed by atoms with Gasteiger partial charge in [0.05, 0.1) is 12.1 Å². The summed E-state index contributed by atoms with van der Waals surface area (Å²) >= 11 is 0. The largest absolute Gasteiger partial charge is 0.347 e. The van der Waals surface area contributed by atoms with Crippen molar-refractivity contribution in [1.29, 1.82) is 0 Å². The highest BCUT2D eigenvalue weighted by Gasteiger charge is 2.14. The van der Waals surface area contributed by atoms with Gasteiger partial charge in [-0.3, -0.25) is 14.6 Å². The van der Waals surface area contributed by atoms with E-state index in [-0.39, 0.29) is 5.91 Å². The SMILES string of the molecule is O=C(NCc1ccccc1Cn1cccn1)c1n[nH]c2ccccc12. The quantitative estimate of drug-likeness (QED) is 0.590. The van der Waals surface area contributed by atoms with Crippen LogP contribution in [0.5, 0.6) is 0 Å². The molecule has 0 fully saturated rings. The molecule has 0 bridgehead atoms. The van der Waals surface area contributed by atoms with Gasteiger partial charge in [-0.05, 0) is 23.3 Å². The van der Waals surface area contributed by atoms with E-state index in [1.165, 1.54) is 0 Å². The van der Waals surface area contributed by atoms with E-state index in [1.54, 1.807) is 6.20 Å². The van der Waals surface area contributed by atoms with Gasteiger partial charge in [-0.1, -0.05) is 42.5 Å². The van der Waals surface area contributed by atoms with Crippen molar-refractivity contribution in [2.24, 2.45) is 0 Å². The Kier molecular flexibility index (Phi) is 4.00. The smallest absolute Gasteiger partial charge is 0.272 e. The Morgan fingerprint density at radius 1 is 1.04 bits per heavy atom. The van der Waals surface area contributed by atoms with Crippen LogP contribution in [0.4, 0.5) is 0 Å². The summed E-state index contributed by atoms with van der Waals surface area (Å²) in [6, 6.07) is 17.5. The summed E-state index contributed by atoms with van der Waals surface area (Å²) in [4.78, 5) is 12.5. The molecular formula is C19H17N5O. The Hall–Kier alpha value is -3.41. The summed E-state index contributed by atoms with van der Waals surface area (Å²) in [5, 5.41) is 15.0. The van der Waals surface area contributed by atoms with Crippen LogP contribution in [0, 0.1) is 0 Å². The number of amides is 1. The Morgan fingerprint density at radius 2 is 1.84 bits per heavy atom. The molecule has 2 N–H and O–H groups in total. The van der Waals surface area contributed by atoms with Crippen LogP contribution in [-0.4, -0.2) is 25.9 Å². The Bertz CT molecular complexity index is 1000. The van der Waals surface area contributed by atoms with Crippen molar-refractivity contribution in [2.75, 3.05) is 0 Å². The molecule has 0 aliphatic carbocycles. The number of aromatic amines is 1. The first kappa shape index (κ1) is 15.1. The third kappa shape index (κ3) is 3.14. The van der Waals surface area contributed by atoms with Crippen LogP contribution in [0.3, 0.4) is 0 Å². The van der Waals surface area contributed by atoms with Crippen LogP contribution in [-0.2, 0) is 13.1 Å². The van der Waals surface area contributed by atoms with E-state index in [2.05, 4.69) is 20.6 Å². The molecule has 0 aliphatic heterocycles. The second-order valence-corrected chi connectivity index (χ2v) is 5.77. The molecular weight excluding hydrogens is 314 g/mol. The van der Waals surface area contributed by atoms with Gasteiger partial charge in [0.15, 0.2) is 5.69 Å². The predicted molar refractivity (Wildman–Crippen MR) is 95.0 cm³/mol. The topological polar surface area (TPSA) is 75.6 Å². The van der Waals surface area contributed by atoms with Gasteiger partial charge in [-0.15, -0.1) is 0 Å². The Labute approximate surface area is 144 Å². The standard InChI is InChI=1S/C19H17N5O/c25-19(18-16-8-3-4-9-17(16)22-23-18)20-12-14-6-1-2-7-15(14)13-24-11-5-10-21-24/h1-11H,12-13H2,(H,20,25)(H,22,23). The Balaban J connectivity index is 1.50. The number of nitrogens with one attached hydrogen (secondary N) is 2. The first-order valence-electron chi connectivity index (χ1n) is 8.07. The van der Waals surface area contributed by atoms with Gasteiger partial charge >= 0.3 is 0 Å². The maximum atomic E-state index is 12.5. The summed E-state index contributed by atoms with van der Waals surface area (Å²) in [6.45, 7) is 1.11. The number of benzene rings is 2. The summed E-state index contributed by atoms with van der Waals surface area (Å²) < 4.78 is 1.86. The van der Waals surface area contributed by atoms with Crippen molar-refractivity contribution in [3.05, 3.63) is 83.8 Å². The normalized spacial score (nSPS) is 10.9. The average molecular weight is 331 g/mol. The summed E-state index contributed by atoms with van der Waals surface area (Å²) in [7, 11) is 0. The number of aromatic nitrogens is 4. The average Bonchev–Trinajstić information content (AvgIpc) is 3.30. The number of hydrogen-bond donors (Lipinski definition) is 2. The second-order valence-electron chi connectivity index (χ2n) is 5.77. The molecule has 2 aromatic heterocycles. The highest BCUT2D eigenvalue weighted by Crippen LogP contribution is 2.15. The third-order valence-corrected chi connectivity index (χ3v) is 4.13. The van der Waals surface area contributed by atoms with E-state index in [9.17, 15) is 4.79 Å². The number of fused-ring (bicyclic) bond motifs is 1. The lowest BCUT2D eigenvalue weighted by Gasteiger charge is -2.10. The molecule has 0 aliphatic rings. The first-order chi connectivity index (χ1) is 12.3. The zero-order valence-corrected chi connectivity index (χ0v) is 13.5. The molecule has 0 spiro atoms. The van der Waals surface area contributed by atoms with Crippen LogP contribution in [0.1, 0.15) is 21.6 Å². The molecule has 25 heavy (non-hydrogen) atoms. The Morgan fingerprint density at radius 3 is 2.68 bits per heavy atom. The van der Waals surface area contributed by atoms with E-state index < -0.39 is 0 Å². The molecule has 0 atom stereocenters. The number of rotatable bonds is 5.